The number of allylic oxidation sites excluding steroid dienone is 1. The van der Waals surface area contributed by atoms with Crippen molar-refractivity contribution in [3.63, 3.8) is 0 Å². The van der Waals surface area contributed by atoms with Crippen LogP contribution in [0.4, 0.5) is 0 Å². The van der Waals surface area contributed by atoms with Crippen LogP contribution in [0, 0.1) is 0 Å². The summed E-state index contributed by atoms with van der Waals surface area (Å²) in [7, 11) is -4.19. The Labute approximate surface area is 130 Å². The van der Waals surface area contributed by atoms with Gasteiger partial charge in [0.1, 0.15) is 17.2 Å². The molecule has 0 bridgehead atoms. The molecule has 9 heteroatoms. The van der Waals surface area contributed by atoms with Crippen LogP contribution < -0.4 is 0 Å². The average Bonchev–Trinajstić information content (AvgIpc) is 2.50. The fourth-order valence-electron chi connectivity index (χ4n) is 2.78. The first-order valence-electron chi connectivity index (χ1n) is 6.38. The van der Waals surface area contributed by atoms with E-state index in [1.165, 1.54) is 4.90 Å². The molecule has 1 N–H and O–H groups in total. The Hall–Kier alpha value is -1.48. The van der Waals surface area contributed by atoms with Gasteiger partial charge in [0.15, 0.2) is 15.6 Å². The molecule has 0 radical (unpaired) electrons. The number of carbonyl (C=O) groups excluding carboxylic acids is 2. The molecule has 2 heterocycles. The van der Waals surface area contributed by atoms with Crippen LogP contribution in [-0.2, 0) is 24.2 Å². The van der Waals surface area contributed by atoms with E-state index in [-0.39, 0.29) is 5.57 Å². The first kappa shape index (κ1) is 16.9. The molecular formula is C13H17NO6S2. The highest BCUT2D eigenvalue weighted by Crippen LogP contribution is 2.56. The quantitative estimate of drug-likeness (QED) is 0.423. The first-order chi connectivity index (χ1) is 9.88. The van der Waals surface area contributed by atoms with Crippen LogP contribution in [0.3, 0.4) is 0 Å². The molecule has 1 amide bonds. The van der Waals surface area contributed by atoms with Gasteiger partial charge >= 0.3 is 5.97 Å². The van der Waals surface area contributed by atoms with Gasteiger partial charge in [-0.15, -0.1) is 0 Å². The van der Waals surface area contributed by atoms with Crippen molar-refractivity contribution in [2.75, 3.05) is 12.0 Å². The maximum absolute atomic E-state index is 12.2. The molecule has 0 aliphatic carbocycles. The minimum atomic E-state index is -3.48. The number of hydrogen-bond acceptors (Lipinski definition) is 5. The minimum Gasteiger partial charge on any atom is -0.480 e. The Balaban J connectivity index is 2.35. The third-order valence-electron chi connectivity index (χ3n) is 3.84. The van der Waals surface area contributed by atoms with Crippen molar-refractivity contribution in [3.05, 3.63) is 11.6 Å². The van der Waals surface area contributed by atoms with Gasteiger partial charge < -0.3 is 10.0 Å². The number of amides is 1. The van der Waals surface area contributed by atoms with Crippen molar-refractivity contribution >= 4 is 43.9 Å². The molecule has 0 saturated carbocycles. The second-order valence-corrected chi connectivity index (χ2v) is 10.5. The van der Waals surface area contributed by atoms with Crippen LogP contribution in [0.5, 0.6) is 0 Å². The molecule has 7 nitrogen and oxygen atoms in total. The summed E-state index contributed by atoms with van der Waals surface area (Å²) in [6.07, 6.45) is 1.96. The van der Waals surface area contributed by atoms with E-state index in [9.17, 15) is 27.9 Å². The summed E-state index contributed by atoms with van der Waals surface area (Å²) in [5, 5.41) is 8.81. The third-order valence-corrected chi connectivity index (χ3v) is 7.24. The van der Waals surface area contributed by atoms with Gasteiger partial charge in [-0.2, -0.15) is 10.5 Å². The van der Waals surface area contributed by atoms with Crippen LogP contribution in [0.15, 0.2) is 11.6 Å². The summed E-state index contributed by atoms with van der Waals surface area (Å²) >= 11 is 0. The van der Waals surface area contributed by atoms with Crippen LogP contribution in [-0.4, -0.2) is 70.1 Å². The molecule has 0 aromatic rings. The van der Waals surface area contributed by atoms with Crippen LogP contribution in [0.1, 0.15) is 13.8 Å². The lowest BCUT2D eigenvalue weighted by Gasteiger charge is -2.39. The Bertz CT molecular complexity index is 734. The highest BCUT2D eigenvalue weighted by atomic mass is 32.2. The maximum atomic E-state index is 12.2. The van der Waals surface area contributed by atoms with Crippen LogP contribution in [0.25, 0.3) is 0 Å². The standard InChI is InChI=1S/C13H17NO6S2/c1-13(2)9(12(17)18)14-10(16)8(11(14)21(13)3)5-7(15)6-22(4,19)20/h5,9,11H,3,6H2,1-2,4H3,(H,17,18)/t9-,11+,21?/m0/s1. The number of rotatable bonds is 4. The first-order valence-corrected chi connectivity index (χ1v) is 9.90. The summed E-state index contributed by atoms with van der Waals surface area (Å²) in [6, 6.07) is -0.993. The molecule has 0 spiro atoms. The number of β-lactam (4-membered cyclic amide) rings is 1. The Morgan fingerprint density at radius 2 is 2.00 bits per heavy atom. The van der Waals surface area contributed by atoms with Gasteiger partial charge in [-0.05, 0) is 19.9 Å². The van der Waals surface area contributed by atoms with E-state index in [4.69, 9.17) is 0 Å². The molecular weight excluding hydrogens is 330 g/mol. The smallest absolute Gasteiger partial charge is 0.327 e. The average molecular weight is 347 g/mol. The number of aliphatic carboxylic acids is 1. The zero-order chi connectivity index (χ0) is 17.0. The highest BCUT2D eigenvalue weighted by Gasteiger charge is 2.62. The van der Waals surface area contributed by atoms with Crippen molar-refractivity contribution in [3.8, 4) is 0 Å². The highest BCUT2D eigenvalue weighted by molar-refractivity contribution is 8.16. The maximum Gasteiger partial charge on any atom is 0.327 e. The van der Waals surface area contributed by atoms with Gasteiger partial charge in [0.2, 0.25) is 0 Å². The predicted molar refractivity (Wildman–Crippen MR) is 83.6 cm³/mol. The predicted octanol–water partition coefficient (Wildman–Crippen LogP) is -0.359. The molecule has 2 aliphatic heterocycles. The number of carboxylic acids is 1. The molecule has 0 aromatic heterocycles. The molecule has 2 aliphatic rings. The fraction of sp³-hybridized carbons (Fsp3) is 0.538. The second-order valence-electron chi connectivity index (χ2n) is 5.97. The fourth-order valence-corrected chi connectivity index (χ4v) is 5.42. The molecule has 2 saturated heterocycles. The molecule has 3 atom stereocenters. The van der Waals surface area contributed by atoms with Gasteiger partial charge in [0.05, 0.1) is 5.57 Å². The molecule has 1 unspecified atom stereocenters. The topological polar surface area (TPSA) is 109 Å². The third kappa shape index (κ3) is 2.52. The lowest BCUT2D eigenvalue weighted by molar-refractivity contribution is -0.152. The monoisotopic (exact) mass is 347 g/mol. The van der Waals surface area contributed by atoms with E-state index in [1.54, 1.807) is 13.8 Å². The molecule has 122 valence electrons. The SMILES string of the molecule is C=S1[C@@H]2C(=CC(=O)CS(C)(=O)=O)C(=O)N2[C@@H](C(=O)O)C1(C)C. The van der Waals surface area contributed by atoms with Gasteiger partial charge in [0.25, 0.3) is 5.91 Å². The van der Waals surface area contributed by atoms with Crippen molar-refractivity contribution in [1.82, 2.24) is 4.90 Å². The van der Waals surface area contributed by atoms with Crippen molar-refractivity contribution in [2.24, 2.45) is 0 Å². The van der Waals surface area contributed by atoms with Gasteiger partial charge in [0, 0.05) is 11.0 Å². The summed E-state index contributed by atoms with van der Waals surface area (Å²) in [6.45, 7) is 3.45. The summed E-state index contributed by atoms with van der Waals surface area (Å²) < 4.78 is 21.5. The number of hydrogen-bond donors (Lipinski definition) is 1. The van der Waals surface area contributed by atoms with Crippen LogP contribution >= 0.6 is 10.5 Å². The number of ketones is 1. The second kappa shape index (κ2) is 5.02. The van der Waals surface area contributed by atoms with Crippen molar-refractivity contribution < 1.29 is 27.9 Å². The number of sulfone groups is 1. The number of nitrogens with zero attached hydrogens (tertiary/aromatic N) is 1. The molecule has 22 heavy (non-hydrogen) atoms. The molecule has 0 aromatic carbocycles. The van der Waals surface area contributed by atoms with E-state index in [2.05, 4.69) is 5.87 Å². The van der Waals surface area contributed by atoms with E-state index in [0.29, 0.717) is 0 Å². The zero-order valence-corrected chi connectivity index (χ0v) is 14.0. The largest absolute Gasteiger partial charge is 0.480 e. The Morgan fingerprint density at radius 3 is 2.45 bits per heavy atom. The number of carbonyl (C=O) groups is 3. The van der Waals surface area contributed by atoms with E-state index in [1.807, 2.05) is 0 Å². The van der Waals surface area contributed by atoms with Gasteiger partial charge in [-0.1, -0.05) is 5.87 Å². The summed E-state index contributed by atoms with van der Waals surface area (Å²) in [4.78, 5) is 36.5. The van der Waals surface area contributed by atoms with Gasteiger partial charge in [-0.3, -0.25) is 9.59 Å². The molecule has 2 rings (SSSR count). The summed E-state index contributed by atoms with van der Waals surface area (Å²) in [5.41, 5.74) is 0.156. The lowest BCUT2D eigenvalue weighted by atomic mass is 9.95. The van der Waals surface area contributed by atoms with Crippen LogP contribution in [0.2, 0.25) is 0 Å². The van der Waals surface area contributed by atoms with Crippen molar-refractivity contribution in [1.29, 1.82) is 0 Å². The Kier molecular flexibility index (Phi) is 3.85. The summed E-state index contributed by atoms with van der Waals surface area (Å²) in [5.74, 6) is 0.973. The van der Waals surface area contributed by atoms with Crippen molar-refractivity contribution in [2.45, 2.75) is 30.0 Å². The normalized spacial score (nSPS) is 31.8. The van der Waals surface area contributed by atoms with Gasteiger partial charge in [-0.25, -0.2) is 13.2 Å². The number of carboxylic acid groups (broad SMARTS) is 1. The lowest BCUT2D eigenvalue weighted by Crippen LogP contribution is -2.58. The van der Waals surface area contributed by atoms with E-state index >= 15 is 0 Å². The van der Waals surface area contributed by atoms with E-state index < -0.39 is 59.9 Å². The number of fused-ring (bicyclic) bond motifs is 1. The van der Waals surface area contributed by atoms with E-state index in [0.717, 1.165) is 12.3 Å². The molecule has 2 fully saturated rings. The minimum absolute atomic E-state index is 0.156. The Morgan fingerprint density at radius 1 is 1.45 bits per heavy atom. The zero-order valence-electron chi connectivity index (χ0n) is 12.4.